The molecule has 0 radical (unpaired) electrons. The number of methoxy groups -OCH3 is 1. The lowest BCUT2D eigenvalue weighted by atomic mass is 9.68. The molecular weight excluding hydrogens is 448 g/mol. The summed E-state index contributed by atoms with van der Waals surface area (Å²) in [6, 6.07) is 4.73. The Bertz CT molecular complexity index is 870. The van der Waals surface area contributed by atoms with Crippen molar-refractivity contribution in [3.05, 3.63) is 55.7 Å². The minimum absolute atomic E-state index is 0.0547. The number of benzene rings is 1. The van der Waals surface area contributed by atoms with Crippen LogP contribution in [0.4, 0.5) is 4.39 Å². The van der Waals surface area contributed by atoms with Gasteiger partial charge in [0.15, 0.2) is 5.78 Å². The van der Waals surface area contributed by atoms with Gasteiger partial charge in [-0.1, -0.05) is 13.8 Å². The Labute approximate surface area is 166 Å². The molecule has 26 heavy (non-hydrogen) atoms. The van der Waals surface area contributed by atoms with E-state index in [4.69, 9.17) is 4.74 Å². The second-order valence-corrected chi connectivity index (χ2v) is 8.83. The highest BCUT2D eigenvalue weighted by Crippen LogP contribution is 2.47. The third-order valence-corrected chi connectivity index (χ3v) is 5.59. The van der Waals surface area contributed by atoms with Gasteiger partial charge in [-0.2, -0.15) is 0 Å². The molecule has 1 atom stereocenters. The average Bonchev–Trinajstić information content (AvgIpc) is 2.54. The van der Waals surface area contributed by atoms with E-state index in [1.54, 1.807) is 19.1 Å². The topological polar surface area (TPSA) is 55.4 Å². The molecule has 0 amide bonds. The van der Waals surface area contributed by atoms with Crippen LogP contribution in [0.2, 0.25) is 0 Å². The Morgan fingerprint density at radius 3 is 2.69 bits per heavy atom. The van der Waals surface area contributed by atoms with Crippen molar-refractivity contribution in [2.24, 2.45) is 5.41 Å². The van der Waals surface area contributed by atoms with Gasteiger partial charge in [-0.15, -0.1) is 0 Å². The van der Waals surface area contributed by atoms with Crippen LogP contribution in [0.25, 0.3) is 0 Å². The van der Waals surface area contributed by atoms with Gasteiger partial charge in [0.25, 0.3) is 0 Å². The van der Waals surface area contributed by atoms with E-state index in [0.29, 0.717) is 35.2 Å². The van der Waals surface area contributed by atoms with E-state index in [1.165, 1.54) is 13.2 Å². The molecule has 2 aliphatic rings. The van der Waals surface area contributed by atoms with Gasteiger partial charge in [0, 0.05) is 32.5 Å². The molecule has 6 heteroatoms. The Hall–Kier alpha value is -1.70. The van der Waals surface area contributed by atoms with Crippen molar-refractivity contribution in [2.45, 2.75) is 39.5 Å². The first-order valence-electron chi connectivity index (χ1n) is 8.42. The molecule has 1 aliphatic carbocycles. The van der Waals surface area contributed by atoms with Gasteiger partial charge in [0.05, 0.1) is 18.6 Å². The molecule has 138 valence electrons. The van der Waals surface area contributed by atoms with Crippen molar-refractivity contribution in [3.63, 3.8) is 0 Å². The minimum Gasteiger partial charge on any atom is -0.466 e. The predicted octanol–water partition coefficient (Wildman–Crippen LogP) is 4.21. The Balaban J connectivity index is 2.26. The number of carbonyl (C=O) groups excluding carboxylic acids is 2. The van der Waals surface area contributed by atoms with E-state index in [0.717, 1.165) is 9.27 Å². The first-order valence-corrected chi connectivity index (χ1v) is 9.50. The van der Waals surface area contributed by atoms with Crippen molar-refractivity contribution in [1.82, 2.24) is 5.32 Å². The number of hydrogen-bond donors (Lipinski definition) is 1. The smallest absolute Gasteiger partial charge is 0.336 e. The Morgan fingerprint density at radius 2 is 2.04 bits per heavy atom. The maximum Gasteiger partial charge on any atom is 0.336 e. The summed E-state index contributed by atoms with van der Waals surface area (Å²) in [6.07, 6.45) is 1.03. The van der Waals surface area contributed by atoms with Crippen LogP contribution in [-0.2, 0) is 14.3 Å². The van der Waals surface area contributed by atoms with Crippen LogP contribution in [0, 0.1) is 14.8 Å². The fourth-order valence-electron chi connectivity index (χ4n) is 3.86. The normalized spacial score (nSPS) is 22.1. The van der Waals surface area contributed by atoms with Crippen LogP contribution in [0.5, 0.6) is 0 Å². The first-order chi connectivity index (χ1) is 12.1. The zero-order valence-corrected chi connectivity index (χ0v) is 17.4. The van der Waals surface area contributed by atoms with E-state index in [1.807, 2.05) is 13.8 Å². The number of Topliss-reactive ketones (excluding diaryl/α,β-unsaturated/α-hetero) is 1. The average molecular weight is 469 g/mol. The lowest BCUT2D eigenvalue weighted by Crippen LogP contribution is -2.38. The number of allylic oxidation sites excluding steroid dienone is 3. The summed E-state index contributed by atoms with van der Waals surface area (Å²) in [5.74, 6) is -1.80. The monoisotopic (exact) mass is 469 g/mol. The Morgan fingerprint density at radius 1 is 1.35 bits per heavy atom. The summed E-state index contributed by atoms with van der Waals surface area (Å²) >= 11 is 2.10. The number of halogens is 2. The molecule has 0 aromatic heterocycles. The Kier molecular flexibility index (Phi) is 4.98. The number of hydrogen-bond acceptors (Lipinski definition) is 4. The lowest BCUT2D eigenvalue weighted by molar-refractivity contribution is -0.136. The molecule has 1 aromatic carbocycles. The quantitative estimate of drug-likeness (QED) is 0.521. The molecule has 1 heterocycles. The number of rotatable bonds is 2. The molecule has 0 fully saturated rings. The van der Waals surface area contributed by atoms with Crippen LogP contribution in [0.3, 0.4) is 0 Å². The van der Waals surface area contributed by atoms with Crippen LogP contribution >= 0.6 is 22.6 Å². The second kappa shape index (κ2) is 6.79. The molecule has 4 nitrogen and oxygen atoms in total. The van der Waals surface area contributed by atoms with Crippen LogP contribution < -0.4 is 5.32 Å². The van der Waals surface area contributed by atoms with Gasteiger partial charge in [-0.05, 0) is 59.5 Å². The minimum atomic E-state index is -0.753. The maximum absolute atomic E-state index is 14.7. The van der Waals surface area contributed by atoms with Gasteiger partial charge < -0.3 is 10.1 Å². The number of ether oxygens (including phenoxy) is 1. The van der Waals surface area contributed by atoms with Crippen molar-refractivity contribution in [1.29, 1.82) is 0 Å². The highest BCUT2D eigenvalue weighted by molar-refractivity contribution is 14.1. The summed E-state index contributed by atoms with van der Waals surface area (Å²) in [4.78, 5) is 25.5. The molecule has 1 N–H and O–H groups in total. The van der Waals surface area contributed by atoms with Gasteiger partial charge in [-0.3, -0.25) is 4.79 Å². The number of nitrogens with one attached hydrogen (secondary N) is 1. The van der Waals surface area contributed by atoms with Crippen molar-refractivity contribution >= 4 is 34.3 Å². The van der Waals surface area contributed by atoms with Crippen LogP contribution in [-0.4, -0.2) is 18.9 Å². The second-order valence-electron chi connectivity index (χ2n) is 7.59. The highest BCUT2D eigenvalue weighted by Gasteiger charge is 2.43. The van der Waals surface area contributed by atoms with Crippen molar-refractivity contribution in [2.75, 3.05) is 7.11 Å². The maximum atomic E-state index is 14.7. The number of carbonyl (C=O) groups is 2. The molecule has 0 saturated carbocycles. The number of esters is 1. The lowest BCUT2D eigenvalue weighted by Gasteiger charge is -2.39. The summed E-state index contributed by atoms with van der Waals surface area (Å²) in [5, 5.41) is 3.22. The van der Waals surface area contributed by atoms with Gasteiger partial charge >= 0.3 is 5.97 Å². The van der Waals surface area contributed by atoms with Crippen LogP contribution in [0.15, 0.2) is 40.7 Å². The zero-order chi connectivity index (χ0) is 19.2. The molecule has 3 rings (SSSR count). The first kappa shape index (κ1) is 19.1. The molecule has 1 aliphatic heterocycles. The summed E-state index contributed by atoms with van der Waals surface area (Å²) < 4.78 is 20.5. The van der Waals surface area contributed by atoms with Crippen LogP contribution in [0.1, 0.15) is 45.1 Å². The molecular formula is C20H21FINO3. The standard InChI is InChI=1S/C20H21FINO3/c1-10-16(19(25)26-4)17(12-7-11(22)5-6-13(12)21)18-14(23-10)8-20(2,3)9-15(18)24/h5-7,17,23H,8-9H2,1-4H3/t17-/m0/s1. The number of dihydropyridines is 1. The summed E-state index contributed by atoms with van der Waals surface area (Å²) in [6.45, 7) is 5.83. The van der Waals surface area contributed by atoms with Gasteiger partial charge in [0.1, 0.15) is 5.82 Å². The van der Waals surface area contributed by atoms with Gasteiger partial charge in [-0.25, -0.2) is 9.18 Å². The van der Waals surface area contributed by atoms with Gasteiger partial charge in [0.2, 0.25) is 0 Å². The van der Waals surface area contributed by atoms with Crippen molar-refractivity contribution < 1.29 is 18.7 Å². The molecule has 0 spiro atoms. The van der Waals surface area contributed by atoms with E-state index < -0.39 is 17.7 Å². The van der Waals surface area contributed by atoms with E-state index >= 15 is 0 Å². The molecule has 0 saturated heterocycles. The summed E-state index contributed by atoms with van der Waals surface area (Å²) in [7, 11) is 1.29. The zero-order valence-electron chi connectivity index (χ0n) is 15.2. The third-order valence-electron chi connectivity index (χ3n) is 4.91. The number of ketones is 1. The largest absolute Gasteiger partial charge is 0.466 e. The highest BCUT2D eigenvalue weighted by atomic mass is 127. The fourth-order valence-corrected chi connectivity index (χ4v) is 4.38. The van der Waals surface area contributed by atoms with E-state index in [9.17, 15) is 14.0 Å². The summed E-state index contributed by atoms with van der Waals surface area (Å²) in [5.41, 5.74) is 2.30. The predicted molar refractivity (Wildman–Crippen MR) is 105 cm³/mol. The van der Waals surface area contributed by atoms with E-state index in [2.05, 4.69) is 27.9 Å². The fraction of sp³-hybridized carbons (Fsp3) is 0.400. The molecule has 0 bridgehead atoms. The third kappa shape index (κ3) is 3.31. The molecule has 1 aromatic rings. The molecule has 0 unspecified atom stereocenters. The van der Waals surface area contributed by atoms with Crippen molar-refractivity contribution in [3.8, 4) is 0 Å². The van der Waals surface area contributed by atoms with E-state index in [-0.39, 0.29) is 11.2 Å². The SMILES string of the molecule is COC(=O)C1=C(C)NC2=C(C(=O)CC(C)(C)C2)[C@H]1c1cc(I)ccc1F.